The van der Waals surface area contributed by atoms with Gasteiger partial charge in [-0.15, -0.1) is 11.3 Å². The van der Waals surface area contributed by atoms with Crippen molar-refractivity contribution in [3.05, 3.63) is 29.4 Å². The lowest BCUT2D eigenvalue weighted by molar-refractivity contribution is -0.118. The minimum absolute atomic E-state index is 0.0168. The summed E-state index contributed by atoms with van der Waals surface area (Å²) in [5, 5.41) is 9.71. The molecule has 1 amide bonds. The number of carbonyl (C=O) groups is 1. The van der Waals surface area contributed by atoms with E-state index >= 15 is 0 Å². The van der Waals surface area contributed by atoms with Crippen molar-refractivity contribution in [2.24, 2.45) is 24.3 Å². The first-order chi connectivity index (χ1) is 10.8. The van der Waals surface area contributed by atoms with Crippen LogP contribution in [0.3, 0.4) is 0 Å². The first-order valence-corrected chi connectivity index (χ1v) is 8.57. The summed E-state index contributed by atoms with van der Waals surface area (Å²) in [7, 11) is 1.87. The van der Waals surface area contributed by atoms with Crippen LogP contribution >= 0.6 is 11.3 Å². The van der Waals surface area contributed by atoms with Crippen LogP contribution in [-0.4, -0.2) is 20.7 Å². The minimum atomic E-state index is 0.0168. The molecule has 6 heteroatoms. The van der Waals surface area contributed by atoms with Crippen LogP contribution in [0.4, 0.5) is 5.13 Å². The van der Waals surface area contributed by atoms with Gasteiger partial charge in [-0.2, -0.15) is 5.10 Å². The fourth-order valence-electron chi connectivity index (χ4n) is 3.05. The minimum Gasteiger partial charge on any atom is -0.302 e. The molecule has 2 aromatic heterocycles. The summed E-state index contributed by atoms with van der Waals surface area (Å²) >= 11 is 1.45. The SMILES string of the molecule is CC(C)=C[C@H]1[C@@H](C(=O)Nc2nc(-c3cnn(C)c3)cs2)C1(C)C. The van der Waals surface area contributed by atoms with Gasteiger partial charge in [0.15, 0.2) is 5.13 Å². The van der Waals surface area contributed by atoms with Gasteiger partial charge < -0.3 is 5.32 Å². The van der Waals surface area contributed by atoms with E-state index in [-0.39, 0.29) is 17.2 Å². The monoisotopic (exact) mass is 330 g/mol. The standard InChI is InChI=1S/C17H22N4OS/c1-10(2)6-12-14(17(12,3)4)15(22)20-16-19-13(9-23-16)11-7-18-21(5)8-11/h6-9,12,14H,1-5H3,(H,19,20,22)/t12-,14-/m0/s1. The first-order valence-electron chi connectivity index (χ1n) is 7.69. The topological polar surface area (TPSA) is 59.8 Å². The van der Waals surface area contributed by atoms with Crippen molar-refractivity contribution in [3.63, 3.8) is 0 Å². The first kappa shape index (κ1) is 15.9. The fraction of sp³-hybridized carbons (Fsp3) is 0.471. The van der Waals surface area contributed by atoms with Crippen molar-refractivity contribution in [2.75, 3.05) is 5.32 Å². The van der Waals surface area contributed by atoms with Crippen molar-refractivity contribution >= 4 is 22.4 Å². The molecule has 1 aliphatic rings. The molecule has 2 heterocycles. The summed E-state index contributed by atoms with van der Waals surface area (Å²) in [6.45, 7) is 8.43. The Bertz CT molecular complexity index is 767. The molecule has 2 aromatic rings. The Kier molecular flexibility index (Phi) is 3.88. The molecular weight excluding hydrogens is 308 g/mol. The lowest BCUT2D eigenvalue weighted by Crippen LogP contribution is -2.16. The van der Waals surface area contributed by atoms with Crippen LogP contribution in [0.5, 0.6) is 0 Å². The van der Waals surface area contributed by atoms with E-state index in [0.717, 1.165) is 11.3 Å². The van der Waals surface area contributed by atoms with Crippen molar-refractivity contribution in [2.45, 2.75) is 27.7 Å². The summed E-state index contributed by atoms with van der Waals surface area (Å²) < 4.78 is 1.74. The molecule has 1 saturated carbocycles. The van der Waals surface area contributed by atoms with Crippen LogP contribution in [0.15, 0.2) is 29.4 Å². The Morgan fingerprint density at radius 2 is 2.17 bits per heavy atom. The normalized spacial score (nSPS) is 21.8. The Morgan fingerprint density at radius 1 is 1.43 bits per heavy atom. The van der Waals surface area contributed by atoms with Crippen LogP contribution in [0.25, 0.3) is 11.3 Å². The van der Waals surface area contributed by atoms with Gasteiger partial charge in [-0.1, -0.05) is 25.5 Å². The number of aromatic nitrogens is 3. The van der Waals surface area contributed by atoms with E-state index in [0.29, 0.717) is 11.0 Å². The third-order valence-corrected chi connectivity index (χ3v) is 5.20. The highest BCUT2D eigenvalue weighted by atomic mass is 32.1. The van der Waals surface area contributed by atoms with Crippen LogP contribution in [0.1, 0.15) is 27.7 Å². The van der Waals surface area contributed by atoms with Gasteiger partial charge >= 0.3 is 0 Å². The van der Waals surface area contributed by atoms with E-state index in [2.05, 4.69) is 49.2 Å². The highest BCUT2D eigenvalue weighted by molar-refractivity contribution is 7.14. The van der Waals surface area contributed by atoms with Gasteiger partial charge in [0.2, 0.25) is 5.91 Å². The number of nitrogens with zero attached hydrogens (tertiary/aromatic N) is 3. The second-order valence-corrected chi connectivity index (χ2v) is 7.86. The van der Waals surface area contributed by atoms with Crippen LogP contribution in [0.2, 0.25) is 0 Å². The summed E-state index contributed by atoms with van der Waals surface area (Å²) in [5.41, 5.74) is 3.07. The average molecular weight is 330 g/mol. The largest absolute Gasteiger partial charge is 0.302 e. The number of carbonyl (C=O) groups excluding carboxylic acids is 1. The number of aryl methyl sites for hydroxylation is 1. The number of anilines is 1. The second-order valence-electron chi connectivity index (χ2n) is 7.00. The molecule has 0 unspecified atom stereocenters. The molecule has 0 saturated heterocycles. The highest BCUT2D eigenvalue weighted by Gasteiger charge is 2.60. The Morgan fingerprint density at radius 3 is 2.78 bits per heavy atom. The summed E-state index contributed by atoms with van der Waals surface area (Å²) in [4.78, 5) is 17.0. The molecule has 3 rings (SSSR count). The number of nitrogens with one attached hydrogen (secondary N) is 1. The van der Waals surface area contributed by atoms with Gasteiger partial charge in [0.05, 0.1) is 17.8 Å². The number of thiazole rings is 1. The predicted molar refractivity (Wildman–Crippen MR) is 93.1 cm³/mol. The third kappa shape index (κ3) is 3.08. The Hall–Kier alpha value is -1.95. The lowest BCUT2D eigenvalue weighted by Gasteiger charge is -2.02. The molecular formula is C17H22N4OS. The van der Waals surface area contributed by atoms with E-state index in [1.165, 1.54) is 16.9 Å². The average Bonchev–Trinajstić information content (AvgIpc) is 2.87. The number of hydrogen-bond acceptors (Lipinski definition) is 4. The van der Waals surface area contributed by atoms with Crippen molar-refractivity contribution in [3.8, 4) is 11.3 Å². The summed E-state index contributed by atoms with van der Waals surface area (Å²) in [6, 6.07) is 0. The highest BCUT2D eigenvalue weighted by Crippen LogP contribution is 2.59. The van der Waals surface area contributed by atoms with Crippen LogP contribution in [-0.2, 0) is 11.8 Å². The molecule has 1 fully saturated rings. The Balaban J connectivity index is 1.70. The van der Waals surface area contributed by atoms with Gasteiger partial charge in [-0.3, -0.25) is 9.48 Å². The molecule has 1 aliphatic carbocycles. The van der Waals surface area contributed by atoms with E-state index in [9.17, 15) is 4.79 Å². The van der Waals surface area contributed by atoms with E-state index < -0.39 is 0 Å². The molecule has 0 aromatic carbocycles. The number of allylic oxidation sites excluding steroid dienone is 2. The van der Waals surface area contributed by atoms with Gasteiger partial charge in [0, 0.05) is 24.2 Å². The maximum Gasteiger partial charge on any atom is 0.230 e. The third-order valence-electron chi connectivity index (χ3n) is 4.44. The summed E-state index contributed by atoms with van der Waals surface area (Å²) in [6.07, 6.45) is 5.89. The molecule has 5 nitrogen and oxygen atoms in total. The van der Waals surface area contributed by atoms with Crippen molar-refractivity contribution < 1.29 is 4.79 Å². The van der Waals surface area contributed by atoms with E-state index in [1.807, 2.05) is 18.6 Å². The van der Waals surface area contributed by atoms with Crippen molar-refractivity contribution in [1.82, 2.24) is 14.8 Å². The van der Waals surface area contributed by atoms with Gasteiger partial charge in [0.25, 0.3) is 0 Å². The second kappa shape index (κ2) is 5.60. The lowest BCUT2D eigenvalue weighted by atomic mass is 10.1. The van der Waals surface area contributed by atoms with E-state index in [1.54, 1.807) is 10.9 Å². The van der Waals surface area contributed by atoms with Crippen LogP contribution < -0.4 is 5.32 Å². The van der Waals surface area contributed by atoms with Gasteiger partial charge in [0.1, 0.15) is 0 Å². The maximum atomic E-state index is 12.5. The molecule has 23 heavy (non-hydrogen) atoms. The molecule has 0 aliphatic heterocycles. The van der Waals surface area contributed by atoms with Gasteiger partial charge in [-0.25, -0.2) is 4.98 Å². The smallest absolute Gasteiger partial charge is 0.230 e. The zero-order valence-electron chi connectivity index (χ0n) is 14.1. The van der Waals surface area contributed by atoms with Crippen molar-refractivity contribution in [1.29, 1.82) is 0 Å². The van der Waals surface area contributed by atoms with Gasteiger partial charge in [-0.05, 0) is 25.2 Å². The number of amides is 1. The molecule has 2 atom stereocenters. The van der Waals surface area contributed by atoms with E-state index in [4.69, 9.17) is 0 Å². The molecule has 1 N–H and O–H groups in total. The quantitative estimate of drug-likeness (QED) is 0.869. The molecule has 0 bridgehead atoms. The Labute approximate surface area is 140 Å². The summed E-state index contributed by atoms with van der Waals surface area (Å²) in [5.74, 6) is 0.387. The zero-order chi connectivity index (χ0) is 16.8. The number of hydrogen-bond donors (Lipinski definition) is 1. The van der Waals surface area contributed by atoms with Crippen LogP contribution in [0, 0.1) is 17.3 Å². The zero-order valence-corrected chi connectivity index (χ0v) is 14.9. The molecule has 122 valence electrons. The predicted octanol–water partition coefficient (Wildman–Crippen LogP) is 3.72. The molecule has 0 radical (unpaired) electrons. The molecule has 0 spiro atoms. The fourth-order valence-corrected chi connectivity index (χ4v) is 3.77. The number of rotatable bonds is 4. The maximum absolute atomic E-state index is 12.5.